The van der Waals surface area contributed by atoms with E-state index in [-0.39, 0.29) is 5.56 Å². The molecule has 0 aliphatic rings. The average molecular weight is 273 g/mol. The summed E-state index contributed by atoms with van der Waals surface area (Å²) in [6.07, 6.45) is 0. The molecule has 2 rings (SSSR count). The van der Waals surface area contributed by atoms with Crippen LogP contribution in [0.1, 0.15) is 21.5 Å². The zero-order valence-electron chi connectivity index (χ0n) is 10.4. The lowest BCUT2D eigenvalue weighted by molar-refractivity contribution is 0.0697. The molecule has 0 atom stereocenters. The summed E-state index contributed by atoms with van der Waals surface area (Å²) in [5.74, 6) is 0.532. The number of thioether (sulfide) groups is 1. The van der Waals surface area contributed by atoms with Gasteiger partial charge in [-0.2, -0.15) is 11.8 Å². The molecule has 2 aromatic carbocycles. The second-order valence-corrected chi connectivity index (χ2v) is 5.15. The van der Waals surface area contributed by atoms with E-state index < -0.39 is 5.97 Å². The van der Waals surface area contributed by atoms with Crippen LogP contribution in [0, 0.1) is 0 Å². The molecular formula is C15H15NO2S. The van der Waals surface area contributed by atoms with Crippen LogP contribution in [0.15, 0.2) is 48.5 Å². The highest BCUT2D eigenvalue weighted by Crippen LogP contribution is 2.23. The Morgan fingerprint density at radius 1 is 1.05 bits per heavy atom. The van der Waals surface area contributed by atoms with Gasteiger partial charge >= 0.3 is 5.97 Å². The van der Waals surface area contributed by atoms with E-state index in [1.165, 1.54) is 5.56 Å². The average Bonchev–Trinajstić information content (AvgIpc) is 2.39. The van der Waals surface area contributed by atoms with Gasteiger partial charge in [-0.3, -0.25) is 0 Å². The number of rotatable bonds is 5. The number of aromatic carboxylic acids is 1. The SMILES string of the molecule is Nc1cccc(CSCc2ccccc2)c1C(=O)O. The van der Waals surface area contributed by atoms with Crippen LogP contribution in [0.4, 0.5) is 5.69 Å². The maximum Gasteiger partial charge on any atom is 0.338 e. The third kappa shape index (κ3) is 3.51. The van der Waals surface area contributed by atoms with Gasteiger partial charge in [-0.15, -0.1) is 0 Å². The fourth-order valence-corrected chi connectivity index (χ4v) is 2.84. The second kappa shape index (κ2) is 6.29. The maximum absolute atomic E-state index is 11.2. The lowest BCUT2D eigenvalue weighted by atomic mass is 10.1. The Labute approximate surface area is 116 Å². The fourth-order valence-electron chi connectivity index (χ4n) is 1.85. The van der Waals surface area contributed by atoms with Crippen molar-refractivity contribution in [3.63, 3.8) is 0 Å². The maximum atomic E-state index is 11.2. The summed E-state index contributed by atoms with van der Waals surface area (Å²) < 4.78 is 0. The predicted molar refractivity (Wildman–Crippen MR) is 79.3 cm³/mol. The van der Waals surface area contributed by atoms with Gasteiger partial charge in [0.2, 0.25) is 0 Å². The molecular weight excluding hydrogens is 258 g/mol. The van der Waals surface area contributed by atoms with Crippen molar-refractivity contribution in [1.29, 1.82) is 0 Å². The van der Waals surface area contributed by atoms with Crippen LogP contribution in [-0.2, 0) is 11.5 Å². The highest BCUT2D eigenvalue weighted by atomic mass is 32.2. The molecule has 0 saturated carbocycles. The van der Waals surface area contributed by atoms with Gasteiger partial charge in [0.1, 0.15) is 0 Å². The molecule has 0 fully saturated rings. The van der Waals surface area contributed by atoms with Crippen molar-refractivity contribution < 1.29 is 9.90 Å². The van der Waals surface area contributed by atoms with Gasteiger partial charge < -0.3 is 10.8 Å². The Balaban J connectivity index is 2.04. The zero-order valence-corrected chi connectivity index (χ0v) is 11.2. The van der Waals surface area contributed by atoms with Crippen molar-refractivity contribution in [3.05, 3.63) is 65.2 Å². The van der Waals surface area contributed by atoms with Crippen molar-refractivity contribution in [2.75, 3.05) is 5.73 Å². The lowest BCUT2D eigenvalue weighted by Gasteiger charge is -2.08. The largest absolute Gasteiger partial charge is 0.478 e. The molecule has 0 heterocycles. The minimum atomic E-state index is -0.964. The number of hydrogen-bond acceptors (Lipinski definition) is 3. The predicted octanol–water partition coefficient (Wildman–Crippen LogP) is 3.40. The lowest BCUT2D eigenvalue weighted by Crippen LogP contribution is -2.06. The molecule has 0 saturated heterocycles. The number of carboxylic acid groups (broad SMARTS) is 1. The van der Waals surface area contributed by atoms with E-state index in [1.54, 1.807) is 23.9 Å². The number of carboxylic acids is 1. The number of anilines is 1. The summed E-state index contributed by atoms with van der Waals surface area (Å²) >= 11 is 1.68. The highest BCUT2D eigenvalue weighted by Gasteiger charge is 2.13. The van der Waals surface area contributed by atoms with Crippen LogP contribution in [0.25, 0.3) is 0 Å². The summed E-state index contributed by atoms with van der Waals surface area (Å²) in [7, 11) is 0. The molecule has 0 amide bonds. The zero-order chi connectivity index (χ0) is 13.7. The first kappa shape index (κ1) is 13.5. The molecule has 2 aromatic rings. The fraction of sp³-hybridized carbons (Fsp3) is 0.133. The summed E-state index contributed by atoms with van der Waals surface area (Å²) in [6.45, 7) is 0. The summed E-state index contributed by atoms with van der Waals surface area (Å²) in [5, 5.41) is 9.17. The summed E-state index contributed by atoms with van der Waals surface area (Å²) in [4.78, 5) is 11.2. The van der Waals surface area contributed by atoms with E-state index in [0.29, 0.717) is 11.4 Å². The molecule has 4 heteroatoms. The molecule has 98 valence electrons. The van der Waals surface area contributed by atoms with Crippen LogP contribution in [0.5, 0.6) is 0 Å². The van der Waals surface area contributed by atoms with E-state index in [9.17, 15) is 9.90 Å². The first-order valence-corrected chi connectivity index (χ1v) is 7.06. The van der Waals surface area contributed by atoms with Crippen LogP contribution in [-0.4, -0.2) is 11.1 Å². The van der Waals surface area contributed by atoms with Gasteiger partial charge in [0.25, 0.3) is 0 Å². The molecule has 0 radical (unpaired) electrons. The molecule has 0 unspecified atom stereocenters. The van der Waals surface area contributed by atoms with E-state index in [0.717, 1.165) is 11.3 Å². The van der Waals surface area contributed by atoms with Crippen LogP contribution >= 0.6 is 11.8 Å². The van der Waals surface area contributed by atoms with Crippen molar-refractivity contribution in [3.8, 4) is 0 Å². The van der Waals surface area contributed by atoms with Gasteiger partial charge in [0.15, 0.2) is 0 Å². The standard InChI is InChI=1S/C15H15NO2S/c16-13-8-4-7-12(14(13)15(17)18)10-19-9-11-5-2-1-3-6-11/h1-8H,9-10,16H2,(H,17,18). The Bertz CT molecular complexity index is 570. The van der Waals surface area contributed by atoms with Crippen LogP contribution < -0.4 is 5.73 Å². The Morgan fingerprint density at radius 3 is 2.47 bits per heavy atom. The highest BCUT2D eigenvalue weighted by molar-refractivity contribution is 7.97. The van der Waals surface area contributed by atoms with Gasteiger partial charge in [-0.25, -0.2) is 4.79 Å². The quantitative estimate of drug-likeness (QED) is 0.819. The van der Waals surface area contributed by atoms with E-state index in [1.807, 2.05) is 24.3 Å². The van der Waals surface area contributed by atoms with E-state index in [4.69, 9.17) is 5.73 Å². The molecule has 3 nitrogen and oxygen atoms in total. The van der Waals surface area contributed by atoms with Gasteiger partial charge in [-0.1, -0.05) is 42.5 Å². The third-order valence-corrected chi connectivity index (χ3v) is 3.82. The van der Waals surface area contributed by atoms with Gasteiger partial charge in [-0.05, 0) is 17.2 Å². The first-order valence-electron chi connectivity index (χ1n) is 5.91. The number of carbonyl (C=O) groups is 1. The van der Waals surface area contributed by atoms with Crippen molar-refractivity contribution in [1.82, 2.24) is 0 Å². The molecule has 19 heavy (non-hydrogen) atoms. The minimum absolute atomic E-state index is 0.225. The number of nitrogens with two attached hydrogens (primary N) is 1. The van der Waals surface area contributed by atoms with E-state index >= 15 is 0 Å². The number of benzene rings is 2. The molecule has 0 spiro atoms. The van der Waals surface area contributed by atoms with E-state index in [2.05, 4.69) is 12.1 Å². The second-order valence-electron chi connectivity index (χ2n) is 4.16. The smallest absolute Gasteiger partial charge is 0.338 e. The Morgan fingerprint density at radius 2 is 1.79 bits per heavy atom. The Kier molecular flexibility index (Phi) is 4.47. The van der Waals surface area contributed by atoms with Crippen molar-refractivity contribution >= 4 is 23.4 Å². The number of nitrogen functional groups attached to an aromatic ring is 1. The monoisotopic (exact) mass is 273 g/mol. The Hall–Kier alpha value is -1.94. The minimum Gasteiger partial charge on any atom is -0.478 e. The first-order chi connectivity index (χ1) is 9.18. The molecule has 0 bridgehead atoms. The normalized spacial score (nSPS) is 10.3. The number of hydrogen-bond donors (Lipinski definition) is 2. The van der Waals surface area contributed by atoms with Crippen molar-refractivity contribution in [2.24, 2.45) is 0 Å². The summed E-state index contributed by atoms with van der Waals surface area (Å²) in [5.41, 5.74) is 8.27. The van der Waals surface area contributed by atoms with Gasteiger partial charge in [0.05, 0.1) is 5.56 Å². The van der Waals surface area contributed by atoms with Crippen LogP contribution in [0.2, 0.25) is 0 Å². The summed E-state index contributed by atoms with van der Waals surface area (Å²) in [6, 6.07) is 15.3. The molecule has 3 N–H and O–H groups in total. The van der Waals surface area contributed by atoms with Crippen LogP contribution in [0.3, 0.4) is 0 Å². The third-order valence-electron chi connectivity index (χ3n) is 2.77. The van der Waals surface area contributed by atoms with Gasteiger partial charge in [0, 0.05) is 17.2 Å². The molecule has 0 aliphatic heterocycles. The topological polar surface area (TPSA) is 63.3 Å². The van der Waals surface area contributed by atoms with Crippen molar-refractivity contribution in [2.45, 2.75) is 11.5 Å². The molecule has 0 aromatic heterocycles. The molecule has 0 aliphatic carbocycles.